The summed E-state index contributed by atoms with van der Waals surface area (Å²) in [6, 6.07) is 15.5. The summed E-state index contributed by atoms with van der Waals surface area (Å²) in [5.74, 6) is -0.882. The number of nitrogens with one attached hydrogen (secondary N) is 1. The molecule has 0 saturated carbocycles. The fraction of sp³-hybridized carbons (Fsp3) is 0.208. The van der Waals surface area contributed by atoms with E-state index in [1.165, 1.54) is 23.2 Å². The Morgan fingerprint density at radius 1 is 1.09 bits per heavy atom. The molecule has 1 aromatic heterocycles. The van der Waals surface area contributed by atoms with Crippen molar-refractivity contribution in [3.05, 3.63) is 90.0 Å². The Bertz CT molecular complexity index is 1170. The third-order valence-electron chi connectivity index (χ3n) is 6.19. The molecule has 3 amide bonds. The average molecular weight is 432 g/mol. The molecule has 2 N–H and O–H groups in total. The maximum Gasteiger partial charge on any atom is 0.322 e. The zero-order valence-electron chi connectivity index (χ0n) is 17.1. The van der Waals surface area contributed by atoms with Crippen molar-refractivity contribution in [1.82, 2.24) is 9.88 Å². The first kappa shape index (κ1) is 20.1. The quantitative estimate of drug-likeness (QED) is 0.665. The van der Waals surface area contributed by atoms with Gasteiger partial charge in [0.05, 0.1) is 29.9 Å². The number of aliphatic hydroxyl groups excluding tert-OH is 1. The van der Waals surface area contributed by atoms with Crippen LogP contribution >= 0.6 is 0 Å². The van der Waals surface area contributed by atoms with Crippen LogP contribution in [0.1, 0.15) is 21.8 Å². The van der Waals surface area contributed by atoms with Crippen LogP contribution in [0, 0.1) is 5.82 Å². The fourth-order valence-corrected chi connectivity index (χ4v) is 4.75. The number of aliphatic hydroxyl groups is 1. The summed E-state index contributed by atoms with van der Waals surface area (Å²) in [5.41, 5.74) is 2.17. The number of anilines is 2. The highest BCUT2D eigenvalue weighted by molar-refractivity contribution is 6.07. The molecule has 7 nitrogen and oxygen atoms in total. The van der Waals surface area contributed by atoms with Crippen LogP contribution in [0.2, 0.25) is 0 Å². The fourth-order valence-electron chi connectivity index (χ4n) is 4.75. The van der Waals surface area contributed by atoms with Crippen LogP contribution in [-0.4, -0.2) is 52.2 Å². The number of halogens is 1. The molecule has 2 aromatic carbocycles. The van der Waals surface area contributed by atoms with Gasteiger partial charge in [-0.2, -0.15) is 0 Å². The normalized spacial score (nSPS) is 21.2. The molecule has 1 fully saturated rings. The standard InChI is InChI=1S/C24H21FN4O3/c25-17-8-2-3-9-18(17)27-24(32)29-20-13-28(23(31)15-6-5-11-26-12-15)19-10-4-1-7-16(19)22(20)21(29)14-30/h1-12,20-22,30H,13-14H2,(H,27,32)/t20-,21-,22+/m0/s1. The van der Waals surface area contributed by atoms with Crippen molar-refractivity contribution >= 4 is 23.3 Å². The number of likely N-dealkylation sites (tertiary alicyclic amines) is 1. The molecule has 5 rings (SSSR count). The monoisotopic (exact) mass is 432 g/mol. The lowest BCUT2D eigenvalue weighted by Crippen LogP contribution is -2.71. The van der Waals surface area contributed by atoms with Gasteiger partial charge >= 0.3 is 6.03 Å². The van der Waals surface area contributed by atoms with Crippen molar-refractivity contribution < 1.29 is 19.1 Å². The number of urea groups is 1. The van der Waals surface area contributed by atoms with Crippen molar-refractivity contribution in [3.8, 4) is 0 Å². The van der Waals surface area contributed by atoms with Gasteiger partial charge in [-0.3, -0.25) is 9.78 Å². The minimum absolute atomic E-state index is 0.0668. The first-order valence-corrected chi connectivity index (χ1v) is 10.4. The smallest absolute Gasteiger partial charge is 0.322 e. The second-order valence-corrected chi connectivity index (χ2v) is 7.88. The van der Waals surface area contributed by atoms with E-state index in [4.69, 9.17) is 0 Å². The van der Waals surface area contributed by atoms with Gasteiger partial charge in [0.25, 0.3) is 5.91 Å². The average Bonchev–Trinajstić information content (AvgIpc) is 2.81. The molecule has 0 unspecified atom stereocenters. The summed E-state index contributed by atoms with van der Waals surface area (Å²) in [6.07, 6.45) is 3.11. The highest BCUT2D eigenvalue weighted by atomic mass is 19.1. The molecule has 3 atom stereocenters. The zero-order valence-corrected chi connectivity index (χ0v) is 17.1. The van der Waals surface area contributed by atoms with Gasteiger partial charge in [-0.25, -0.2) is 9.18 Å². The van der Waals surface area contributed by atoms with E-state index in [-0.39, 0.29) is 36.7 Å². The van der Waals surface area contributed by atoms with E-state index in [2.05, 4.69) is 10.3 Å². The summed E-state index contributed by atoms with van der Waals surface area (Å²) >= 11 is 0. The maximum atomic E-state index is 14.1. The molecule has 0 aliphatic carbocycles. The van der Waals surface area contributed by atoms with Crippen LogP contribution in [0.5, 0.6) is 0 Å². The number of nitrogens with zero attached hydrogens (tertiary/aromatic N) is 3. The number of para-hydroxylation sites is 2. The van der Waals surface area contributed by atoms with Crippen molar-refractivity contribution in [3.63, 3.8) is 0 Å². The van der Waals surface area contributed by atoms with Crippen LogP contribution in [-0.2, 0) is 0 Å². The first-order valence-electron chi connectivity index (χ1n) is 10.4. The minimum atomic E-state index is -0.541. The number of amides is 3. The zero-order chi connectivity index (χ0) is 22.2. The molecule has 0 radical (unpaired) electrons. The summed E-state index contributed by atoms with van der Waals surface area (Å²) in [5, 5.41) is 12.7. The highest BCUT2D eigenvalue weighted by Crippen LogP contribution is 2.48. The van der Waals surface area contributed by atoms with E-state index in [0.717, 1.165) is 11.3 Å². The van der Waals surface area contributed by atoms with Gasteiger partial charge in [-0.15, -0.1) is 0 Å². The highest BCUT2D eigenvalue weighted by Gasteiger charge is 2.55. The summed E-state index contributed by atoms with van der Waals surface area (Å²) in [6.45, 7) is 0.0212. The predicted octanol–water partition coefficient (Wildman–Crippen LogP) is 3.24. The van der Waals surface area contributed by atoms with Crippen molar-refractivity contribution in [2.75, 3.05) is 23.4 Å². The van der Waals surface area contributed by atoms with Crippen molar-refractivity contribution in [2.24, 2.45) is 0 Å². The Kier molecular flexibility index (Phi) is 5.07. The molecule has 3 heterocycles. The second kappa shape index (κ2) is 8.05. The number of fused-ring (bicyclic) bond motifs is 3. The van der Waals surface area contributed by atoms with E-state index in [0.29, 0.717) is 5.56 Å². The summed E-state index contributed by atoms with van der Waals surface area (Å²) in [4.78, 5) is 33.5. The van der Waals surface area contributed by atoms with Crippen LogP contribution < -0.4 is 10.2 Å². The Morgan fingerprint density at radius 3 is 2.62 bits per heavy atom. The van der Waals surface area contributed by atoms with Crippen LogP contribution in [0.3, 0.4) is 0 Å². The summed E-state index contributed by atoms with van der Waals surface area (Å²) < 4.78 is 14.1. The number of benzene rings is 2. The largest absolute Gasteiger partial charge is 0.394 e. The van der Waals surface area contributed by atoms with E-state index < -0.39 is 17.9 Å². The topological polar surface area (TPSA) is 85.8 Å². The molecular weight excluding hydrogens is 411 g/mol. The lowest BCUT2D eigenvalue weighted by atomic mass is 9.72. The van der Waals surface area contributed by atoms with Gasteiger partial charge in [0, 0.05) is 30.5 Å². The van der Waals surface area contributed by atoms with Crippen molar-refractivity contribution in [1.29, 1.82) is 0 Å². The number of carbonyl (C=O) groups excluding carboxylic acids is 2. The predicted molar refractivity (Wildman–Crippen MR) is 117 cm³/mol. The molecule has 2 aliphatic rings. The third kappa shape index (κ3) is 3.20. The molecule has 2 aliphatic heterocycles. The Morgan fingerprint density at radius 2 is 1.88 bits per heavy atom. The van der Waals surface area contributed by atoms with Gasteiger partial charge in [0.2, 0.25) is 0 Å². The number of rotatable bonds is 3. The third-order valence-corrected chi connectivity index (χ3v) is 6.19. The Balaban J connectivity index is 1.48. The van der Waals surface area contributed by atoms with E-state index in [1.54, 1.807) is 35.4 Å². The van der Waals surface area contributed by atoms with Gasteiger partial charge in [0.1, 0.15) is 5.82 Å². The molecular formula is C24H21FN4O3. The van der Waals surface area contributed by atoms with E-state index in [1.807, 2.05) is 24.3 Å². The molecule has 1 saturated heterocycles. The van der Waals surface area contributed by atoms with Gasteiger partial charge < -0.3 is 20.2 Å². The first-order chi connectivity index (χ1) is 15.6. The number of aromatic nitrogens is 1. The summed E-state index contributed by atoms with van der Waals surface area (Å²) in [7, 11) is 0. The molecule has 0 bridgehead atoms. The maximum absolute atomic E-state index is 14.1. The lowest BCUT2D eigenvalue weighted by molar-refractivity contribution is -0.00268. The number of pyridine rings is 1. The molecule has 32 heavy (non-hydrogen) atoms. The van der Waals surface area contributed by atoms with Crippen molar-refractivity contribution in [2.45, 2.75) is 18.0 Å². The Labute approximate surface area is 184 Å². The minimum Gasteiger partial charge on any atom is -0.394 e. The van der Waals surface area contributed by atoms with Crippen LogP contribution in [0.15, 0.2) is 73.1 Å². The van der Waals surface area contributed by atoms with Gasteiger partial charge in [0.15, 0.2) is 0 Å². The number of carbonyl (C=O) groups is 2. The van der Waals surface area contributed by atoms with E-state index >= 15 is 0 Å². The number of hydrogen-bond donors (Lipinski definition) is 2. The lowest BCUT2D eigenvalue weighted by Gasteiger charge is -2.58. The molecule has 3 aromatic rings. The SMILES string of the molecule is O=C(c1cccnc1)N1C[C@H]2[C@@H](c3ccccc31)[C@H](CO)N2C(=O)Nc1ccccc1F. The van der Waals surface area contributed by atoms with E-state index in [9.17, 15) is 19.1 Å². The molecule has 8 heteroatoms. The van der Waals surface area contributed by atoms with Crippen LogP contribution in [0.4, 0.5) is 20.6 Å². The van der Waals surface area contributed by atoms with Gasteiger partial charge in [-0.05, 0) is 35.9 Å². The Hall–Kier alpha value is -3.78. The van der Waals surface area contributed by atoms with Crippen LogP contribution in [0.25, 0.3) is 0 Å². The molecule has 0 spiro atoms. The second-order valence-electron chi connectivity index (χ2n) is 7.88. The number of hydrogen-bond acceptors (Lipinski definition) is 4. The van der Waals surface area contributed by atoms with Gasteiger partial charge in [-0.1, -0.05) is 30.3 Å². The molecule has 162 valence electrons.